The van der Waals surface area contributed by atoms with Gasteiger partial charge >= 0.3 is 0 Å². The quantitative estimate of drug-likeness (QED) is 0.735. The summed E-state index contributed by atoms with van der Waals surface area (Å²) in [4.78, 5) is 11.9. The molecule has 0 aromatic rings. The molecule has 4 nitrogen and oxygen atoms in total. The standard InChI is InChI=1S/C12H24N2O2/c1-5-14-12(3,4)11(15)13-8-10-6-7-16-9(10)2/h9-10,14H,5-8H2,1-4H3,(H,13,15). The summed E-state index contributed by atoms with van der Waals surface area (Å²) in [6.45, 7) is 10.2. The number of rotatable bonds is 5. The molecule has 0 aliphatic carbocycles. The Morgan fingerprint density at radius 2 is 2.19 bits per heavy atom. The van der Waals surface area contributed by atoms with Crippen LogP contribution in [0.5, 0.6) is 0 Å². The van der Waals surface area contributed by atoms with E-state index in [-0.39, 0.29) is 12.0 Å². The minimum atomic E-state index is -0.489. The monoisotopic (exact) mass is 228 g/mol. The lowest BCUT2D eigenvalue weighted by atomic mass is 10.0. The van der Waals surface area contributed by atoms with E-state index in [9.17, 15) is 4.79 Å². The van der Waals surface area contributed by atoms with Crippen molar-refractivity contribution in [2.45, 2.75) is 45.8 Å². The van der Waals surface area contributed by atoms with Crippen molar-refractivity contribution >= 4 is 5.91 Å². The predicted octanol–water partition coefficient (Wildman–Crippen LogP) is 0.916. The number of amides is 1. The van der Waals surface area contributed by atoms with Crippen LogP contribution in [-0.2, 0) is 9.53 Å². The first kappa shape index (κ1) is 13.5. The SMILES string of the molecule is CCNC(C)(C)C(=O)NCC1CCOC1C. The average molecular weight is 228 g/mol. The fourth-order valence-corrected chi connectivity index (χ4v) is 2.01. The largest absolute Gasteiger partial charge is 0.378 e. The second kappa shape index (κ2) is 5.64. The molecule has 2 N–H and O–H groups in total. The summed E-state index contributed by atoms with van der Waals surface area (Å²) in [7, 11) is 0. The second-order valence-electron chi connectivity index (χ2n) is 4.99. The molecule has 0 bridgehead atoms. The third-order valence-corrected chi connectivity index (χ3v) is 3.24. The zero-order valence-electron chi connectivity index (χ0n) is 10.8. The van der Waals surface area contributed by atoms with Gasteiger partial charge in [-0.1, -0.05) is 6.92 Å². The van der Waals surface area contributed by atoms with Gasteiger partial charge in [-0.3, -0.25) is 4.79 Å². The van der Waals surface area contributed by atoms with E-state index in [4.69, 9.17) is 4.74 Å². The van der Waals surface area contributed by atoms with Crippen molar-refractivity contribution in [2.24, 2.45) is 5.92 Å². The Balaban J connectivity index is 2.34. The molecule has 4 heteroatoms. The Bertz CT molecular complexity index is 241. The normalized spacial score (nSPS) is 25.8. The van der Waals surface area contributed by atoms with Crippen LogP contribution in [0.3, 0.4) is 0 Å². The maximum Gasteiger partial charge on any atom is 0.239 e. The van der Waals surface area contributed by atoms with Crippen molar-refractivity contribution in [3.63, 3.8) is 0 Å². The van der Waals surface area contributed by atoms with Gasteiger partial charge in [-0.05, 0) is 33.7 Å². The summed E-state index contributed by atoms with van der Waals surface area (Å²) in [5, 5.41) is 6.16. The average Bonchev–Trinajstić information content (AvgIpc) is 2.60. The molecule has 1 aliphatic rings. The molecule has 0 radical (unpaired) electrons. The van der Waals surface area contributed by atoms with Gasteiger partial charge in [0, 0.05) is 19.1 Å². The molecule has 0 saturated carbocycles. The van der Waals surface area contributed by atoms with E-state index >= 15 is 0 Å². The molecule has 1 rings (SSSR count). The molecular formula is C12H24N2O2. The Hall–Kier alpha value is -0.610. The minimum Gasteiger partial charge on any atom is -0.378 e. The van der Waals surface area contributed by atoms with Gasteiger partial charge < -0.3 is 15.4 Å². The molecule has 0 aromatic carbocycles. The summed E-state index contributed by atoms with van der Waals surface area (Å²) < 4.78 is 5.46. The Kier molecular flexibility index (Phi) is 4.74. The third-order valence-electron chi connectivity index (χ3n) is 3.24. The molecule has 1 amide bonds. The Labute approximate surface area is 98.1 Å². The molecule has 1 saturated heterocycles. The fraction of sp³-hybridized carbons (Fsp3) is 0.917. The lowest BCUT2D eigenvalue weighted by molar-refractivity contribution is -0.126. The maximum atomic E-state index is 11.9. The van der Waals surface area contributed by atoms with Crippen LogP contribution in [0.15, 0.2) is 0 Å². The second-order valence-corrected chi connectivity index (χ2v) is 4.99. The van der Waals surface area contributed by atoms with Gasteiger partial charge in [0.25, 0.3) is 0 Å². The van der Waals surface area contributed by atoms with Crippen LogP contribution >= 0.6 is 0 Å². The molecular weight excluding hydrogens is 204 g/mol. The van der Waals surface area contributed by atoms with Gasteiger partial charge in [-0.15, -0.1) is 0 Å². The fourth-order valence-electron chi connectivity index (χ4n) is 2.01. The van der Waals surface area contributed by atoms with Crippen molar-refractivity contribution in [2.75, 3.05) is 19.7 Å². The van der Waals surface area contributed by atoms with Crippen molar-refractivity contribution < 1.29 is 9.53 Å². The van der Waals surface area contributed by atoms with Crippen LogP contribution in [0, 0.1) is 5.92 Å². The first-order valence-corrected chi connectivity index (χ1v) is 6.12. The van der Waals surface area contributed by atoms with E-state index in [2.05, 4.69) is 17.6 Å². The highest BCUT2D eigenvalue weighted by atomic mass is 16.5. The molecule has 16 heavy (non-hydrogen) atoms. The van der Waals surface area contributed by atoms with Gasteiger partial charge in [0.15, 0.2) is 0 Å². The van der Waals surface area contributed by atoms with Gasteiger partial charge in [-0.2, -0.15) is 0 Å². The highest BCUT2D eigenvalue weighted by molar-refractivity contribution is 5.85. The molecule has 1 heterocycles. The number of likely N-dealkylation sites (N-methyl/N-ethyl adjacent to an activating group) is 1. The highest BCUT2D eigenvalue weighted by Gasteiger charge is 2.29. The van der Waals surface area contributed by atoms with Crippen LogP contribution in [-0.4, -0.2) is 37.2 Å². The summed E-state index contributed by atoms with van der Waals surface area (Å²) in [5.41, 5.74) is -0.489. The smallest absolute Gasteiger partial charge is 0.239 e. The summed E-state index contributed by atoms with van der Waals surface area (Å²) in [6, 6.07) is 0. The summed E-state index contributed by atoms with van der Waals surface area (Å²) in [5.74, 6) is 0.523. The highest BCUT2D eigenvalue weighted by Crippen LogP contribution is 2.19. The molecule has 0 spiro atoms. The number of nitrogens with one attached hydrogen (secondary N) is 2. The number of carbonyl (C=O) groups excluding carboxylic acids is 1. The van der Waals surface area contributed by atoms with Crippen molar-refractivity contribution in [1.29, 1.82) is 0 Å². The van der Waals surface area contributed by atoms with E-state index in [1.807, 2.05) is 20.8 Å². The summed E-state index contributed by atoms with van der Waals surface area (Å²) in [6.07, 6.45) is 1.31. The van der Waals surface area contributed by atoms with Gasteiger partial charge in [0.05, 0.1) is 11.6 Å². The predicted molar refractivity (Wildman–Crippen MR) is 64.3 cm³/mol. The van der Waals surface area contributed by atoms with E-state index < -0.39 is 5.54 Å². The molecule has 94 valence electrons. The van der Waals surface area contributed by atoms with Crippen LogP contribution < -0.4 is 10.6 Å². The Morgan fingerprint density at radius 3 is 2.69 bits per heavy atom. The van der Waals surface area contributed by atoms with Crippen LogP contribution in [0.25, 0.3) is 0 Å². The number of hydrogen-bond acceptors (Lipinski definition) is 3. The van der Waals surface area contributed by atoms with Crippen LogP contribution in [0.1, 0.15) is 34.1 Å². The van der Waals surface area contributed by atoms with Crippen molar-refractivity contribution in [3.8, 4) is 0 Å². The van der Waals surface area contributed by atoms with Crippen LogP contribution in [0.2, 0.25) is 0 Å². The zero-order valence-corrected chi connectivity index (χ0v) is 10.8. The van der Waals surface area contributed by atoms with Gasteiger partial charge in [-0.25, -0.2) is 0 Å². The van der Waals surface area contributed by atoms with Crippen molar-refractivity contribution in [3.05, 3.63) is 0 Å². The third kappa shape index (κ3) is 3.46. The molecule has 2 unspecified atom stereocenters. The molecule has 1 fully saturated rings. The van der Waals surface area contributed by atoms with Crippen LogP contribution in [0.4, 0.5) is 0 Å². The van der Waals surface area contributed by atoms with E-state index in [0.717, 1.165) is 26.1 Å². The van der Waals surface area contributed by atoms with E-state index in [1.54, 1.807) is 0 Å². The first-order chi connectivity index (χ1) is 7.47. The zero-order chi connectivity index (χ0) is 12.2. The first-order valence-electron chi connectivity index (χ1n) is 6.12. The Morgan fingerprint density at radius 1 is 1.50 bits per heavy atom. The lowest BCUT2D eigenvalue weighted by Gasteiger charge is -2.25. The van der Waals surface area contributed by atoms with E-state index in [0.29, 0.717) is 5.92 Å². The van der Waals surface area contributed by atoms with Crippen molar-refractivity contribution in [1.82, 2.24) is 10.6 Å². The van der Waals surface area contributed by atoms with Gasteiger partial charge in [0.2, 0.25) is 5.91 Å². The number of carbonyl (C=O) groups is 1. The van der Waals surface area contributed by atoms with Gasteiger partial charge in [0.1, 0.15) is 0 Å². The minimum absolute atomic E-state index is 0.0634. The lowest BCUT2D eigenvalue weighted by Crippen LogP contribution is -2.53. The molecule has 1 aliphatic heterocycles. The van der Waals surface area contributed by atoms with E-state index in [1.165, 1.54) is 0 Å². The topological polar surface area (TPSA) is 50.4 Å². The molecule has 0 aromatic heterocycles. The molecule has 2 atom stereocenters. The summed E-state index contributed by atoms with van der Waals surface area (Å²) >= 11 is 0. The maximum absolute atomic E-state index is 11.9. The number of ether oxygens (including phenoxy) is 1. The number of hydrogen-bond donors (Lipinski definition) is 2.